The third-order valence-electron chi connectivity index (χ3n) is 3.06. The smallest absolute Gasteiger partial charge is 0.236 e. The van der Waals surface area contributed by atoms with Crippen LogP contribution in [0.1, 0.15) is 19.4 Å². The second-order valence-corrected chi connectivity index (χ2v) is 6.09. The second-order valence-electron chi connectivity index (χ2n) is 5.14. The summed E-state index contributed by atoms with van der Waals surface area (Å²) in [6.07, 6.45) is 0. The van der Waals surface area contributed by atoms with Crippen molar-refractivity contribution in [2.24, 2.45) is 5.92 Å². The number of carbonyl (C=O) groups excluding carboxylic acids is 1. The minimum atomic E-state index is -0.0871. The van der Waals surface area contributed by atoms with E-state index < -0.39 is 0 Å². The first kappa shape index (κ1) is 13.7. The number of benzene rings is 1. The number of fused-ring (bicyclic) bond motifs is 1. The summed E-state index contributed by atoms with van der Waals surface area (Å²) < 4.78 is 1.66. The van der Waals surface area contributed by atoms with Crippen molar-refractivity contribution < 1.29 is 4.79 Å². The standard InChI is InChI=1S/C14H15N5OS/c1-8(2)12(20)15-13-18-19-11(16-17-14(19)21-13)10-6-4-9(3)5-7-10/h4-8H,1-3H3,(H,15,18,20). The average Bonchev–Trinajstić information content (AvgIpc) is 2.99. The van der Waals surface area contributed by atoms with E-state index in [2.05, 4.69) is 20.6 Å². The van der Waals surface area contributed by atoms with Crippen molar-refractivity contribution in [1.82, 2.24) is 19.8 Å². The number of rotatable bonds is 3. The van der Waals surface area contributed by atoms with Gasteiger partial charge in [-0.25, -0.2) is 0 Å². The SMILES string of the molecule is Cc1ccc(-c2nnc3sc(NC(=O)C(C)C)nn23)cc1. The van der Waals surface area contributed by atoms with Crippen LogP contribution in [0.5, 0.6) is 0 Å². The van der Waals surface area contributed by atoms with Crippen LogP contribution in [0.4, 0.5) is 5.13 Å². The molecule has 2 heterocycles. The van der Waals surface area contributed by atoms with Crippen molar-refractivity contribution in [2.45, 2.75) is 20.8 Å². The minimum absolute atomic E-state index is 0.0585. The molecule has 0 spiro atoms. The van der Waals surface area contributed by atoms with E-state index in [0.29, 0.717) is 15.9 Å². The molecule has 0 aliphatic carbocycles. The van der Waals surface area contributed by atoms with Crippen molar-refractivity contribution >= 4 is 27.3 Å². The molecule has 0 unspecified atom stereocenters. The monoisotopic (exact) mass is 301 g/mol. The Labute approximate surface area is 125 Å². The Kier molecular flexibility index (Phi) is 3.42. The fourth-order valence-electron chi connectivity index (χ4n) is 1.80. The number of hydrogen-bond donors (Lipinski definition) is 1. The minimum Gasteiger partial charge on any atom is -0.300 e. The van der Waals surface area contributed by atoms with Gasteiger partial charge in [0.2, 0.25) is 16.0 Å². The lowest BCUT2D eigenvalue weighted by Crippen LogP contribution is -2.17. The van der Waals surface area contributed by atoms with Crippen LogP contribution in [0.25, 0.3) is 16.3 Å². The van der Waals surface area contributed by atoms with Gasteiger partial charge in [-0.1, -0.05) is 55.0 Å². The Balaban J connectivity index is 1.96. The lowest BCUT2D eigenvalue weighted by molar-refractivity contribution is -0.118. The highest BCUT2D eigenvalue weighted by Crippen LogP contribution is 2.24. The number of amides is 1. The Morgan fingerprint density at radius 1 is 1.24 bits per heavy atom. The lowest BCUT2D eigenvalue weighted by Gasteiger charge is -2.02. The van der Waals surface area contributed by atoms with Crippen molar-refractivity contribution in [3.63, 3.8) is 0 Å². The van der Waals surface area contributed by atoms with Crippen LogP contribution in [-0.2, 0) is 4.79 Å². The van der Waals surface area contributed by atoms with Gasteiger partial charge in [-0.15, -0.1) is 15.3 Å². The summed E-state index contributed by atoms with van der Waals surface area (Å²) in [7, 11) is 0. The van der Waals surface area contributed by atoms with Crippen LogP contribution in [0.2, 0.25) is 0 Å². The molecule has 1 aromatic carbocycles. The molecule has 0 fully saturated rings. The predicted octanol–water partition coefficient (Wildman–Crippen LogP) is 2.76. The predicted molar refractivity (Wildman–Crippen MR) is 82.3 cm³/mol. The fourth-order valence-corrected chi connectivity index (χ4v) is 2.54. The molecule has 7 heteroatoms. The van der Waals surface area contributed by atoms with Crippen LogP contribution in [0, 0.1) is 12.8 Å². The van der Waals surface area contributed by atoms with Gasteiger partial charge >= 0.3 is 0 Å². The maximum Gasteiger partial charge on any atom is 0.236 e. The van der Waals surface area contributed by atoms with Gasteiger partial charge in [-0.2, -0.15) is 4.52 Å². The molecule has 6 nitrogen and oxygen atoms in total. The van der Waals surface area contributed by atoms with Gasteiger partial charge in [-0.05, 0) is 6.92 Å². The maximum absolute atomic E-state index is 11.7. The highest BCUT2D eigenvalue weighted by molar-refractivity contribution is 7.20. The van der Waals surface area contributed by atoms with Gasteiger partial charge in [0, 0.05) is 11.5 Å². The van der Waals surface area contributed by atoms with Crippen molar-refractivity contribution in [2.75, 3.05) is 5.32 Å². The van der Waals surface area contributed by atoms with Gasteiger partial charge in [0.1, 0.15) is 0 Å². The molecule has 0 saturated heterocycles. The summed E-state index contributed by atoms with van der Waals surface area (Å²) in [6.45, 7) is 5.71. The number of anilines is 1. The topological polar surface area (TPSA) is 72.2 Å². The van der Waals surface area contributed by atoms with E-state index in [1.165, 1.54) is 16.9 Å². The third kappa shape index (κ3) is 2.64. The average molecular weight is 301 g/mol. The van der Waals surface area contributed by atoms with Crippen LogP contribution in [-0.4, -0.2) is 25.7 Å². The number of carbonyl (C=O) groups is 1. The molecule has 0 aliphatic heterocycles. The normalized spacial score (nSPS) is 11.2. The molecule has 0 radical (unpaired) electrons. The number of aryl methyl sites for hydroxylation is 1. The molecular weight excluding hydrogens is 286 g/mol. The van der Waals surface area contributed by atoms with Crippen LogP contribution < -0.4 is 5.32 Å². The molecule has 3 aromatic rings. The highest BCUT2D eigenvalue weighted by Gasteiger charge is 2.15. The Hall–Kier alpha value is -2.28. The molecule has 108 valence electrons. The molecule has 3 rings (SSSR count). The zero-order chi connectivity index (χ0) is 15.0. The largest absolute Gasteiger partial charge is 0.300 e. The van der Waals surface area contributed by atoms with E-state index in [1.807, 2.05) is 45.0 Å². The van der Waals surface area contributed by atoms with E-state index in [-0.39, 0.29) is 11.8 Å². The first-order valence-electron chi connectivity index (χ1n) is 6.65. The van der Waals surface area contributed by atoms with E-state index in [4.69, 9.17) is 0 Å². The Morgan fingerprint density at radius 2 is 1.95 bits per heavy atom. The molecule has 0 aliphatic rings. The molecule has 2 aromatic heterocycles. The summed E-state index contributed by atoms with van der Waals surface area (Å²) in [5, 5.41) is 16.0. The zero-order valence-corrected chi connectivity index (χ0v) is 12.8. The number of nitrogens with zero attached hydrogens (tertiary/aromatic N) is 4. The highest BCUT2D eigenvalue weighted by atomic mass is 32.1. The first-order valence-corrected chi connectivity index (χ1v) is 7.46. The molecule has 0 bridgehead atoms. The summed E-state index contributed by atoms with van der Waals surface area (Å²) in [6, 6.07) is 8.00. The Bertz CT molecular complexity index is 787. The van der Waals surface area contributed by atoms with Gasteiger partial charge < -0.3 is 5.32 Å². The molecule has 21 heavy (non-hydrogen) atoms. The molecule has 1 amide bonds. The number of nitrogens with one attached hydrogen (secondary N) is 1. The van der Waals surface area contributed by atoms with Gasteiger partial charge in [-0.3, -0.25) is 4.79 Å². The van der Waals surface area contributed by atoms with E-state index in [0.717, 1.165) is 5.56 Å². The van der Waals surface area contributed by atoms with Crippen molar-refractivity contribution in [1.29, 1.82) is 0 Å². The first-order chi connectivity index (χ1) is 10.0. The quantitative estimate of drug-likeness (QED) is 0.807. The number of aromatic nitrogens is 4. The lowest BCUT2D eigenvalue weighted by atomic mass is 10.1. The van der Waals surface area contributed by atoms with Crippen LogP contribution in [0.3, 0.4) is 0 Å². The summed E-state index contributed by atoms with van der Waals surface area (Å²) in [5.74, 6) is 0.527. The van der Waals surface area contributed by atoms with Gasteiger partial charge in [0.15, 0.2) is 5.82 Å². The molecule has 1 N–H and O–H groups in total. The molecule has 0 atom stereocenters. The van der Waals surface area contributed by atoms with Crippen molar-refractivity contribution in [3.05, 3.63) is 29.8 Å². The van der Waals surface area contributed by atoms with E-state index >= 15 is 0 Å². The van der Waals surface area contributed by atoms with E-state index in [1.54, 1.807) is 4.52 Å². The van der Waals surface area contributed by atoms with Crippen LogP contribution >= 0.6 is 11.3 Å². The molecule has 0 saturated carbocycles. The van der Waals surface area contributed by atoms with E-state index in [9.17, 15) is 4.79 Å². The zero-order valence-electron chi connectivity index (χ0n) is 12.0. The van der Waals surface area contributed by atoms with Crippen molar-refractivity contribution in [3.8, 4) is 11.4 Å². The summed E-state index contributed by atoms with van der Waals surface area (Å²) in [5.41, 5.74) is 2.13. The summed E-state index contributed by atoms with van der Waals surface area (Å²) >= 11 is 1.31. The second kappa shape index (κ2) is 5.25. The third-order valence-corrected chi connectivity index (χ3v) is 3.87. The van der Waals surface area contributed by atoms with Crippen LogP contribution in [0.15, 0.2) is 24.3 Å². The fraction of sp³-hybridized carbons (Fsp3) is 0.286. The summed E-state index contributed by atoms with van der Waals surface area (Å²) in [4.78, 5) is 12.4. The van der Waals surface area contributed by atoms with Gasteiger partial charge in [0.05, 0.1) is 0 Å². The molecular formula is C14H15N5OS. The Morgan fingerprint density at radius 3 is 2.62 bits per heavy atom. The van der Waals surface area contributed by atoms with Gasteiger partial charge in [0.25, 0.3) is 0 Å². The number of hydrogen-bond acceptors (Lipinski definition) is 5. The maximum atomic E-state index is 11.7.